The van der Waals surface area contributed by atoms with E-state index in [1.54, 1.807) is 11.3 Å². The van der Waals surface area contributed by atoms with Crippen LogP contribution >= 0.6 is 34.5 Å². The molecule has 0 unspecified atom stereocenters. The number of nitrogens with zero attached hydrogens (tertiary/aromatic N) is 9. The highest BCUT2D eigenvalue weighted by molar-refractivity contribution is 7.15. The molecule has 0 bridgehead atoms. The number of H-pyrrole nitrogens is 1. The van der Waals surface area contributed by atoms with Gasteiger partial charge in [-0.2, -0.15) is 4.98 Å². The van der Waals surface area contributed by atoms with E-state index in [4.69, 9.17) is 42.7 Å². The Morgan fingerprint density at radius 1 is 0.873 bits per heavy atom. The maximum Gasteiger partial charge on any atom is 0.296 e. The zero-order valence-electron chi connectivity index (χ0n) is 35.9. The lowest BCUT2D eigenvalue weighted by Gasteiger charge is -2.39. The van der Waals surface area contributed by atoms with Crippen LogP contribution in [0.25, 0.3) is 27.4 Å². The van der Waals surface area contributed by atoms with Crippen molar-refractivity contribution in [3.8, 4) is 28.0 Å². The van der Waals surface area contributed by atoms with E-state index in [1.807, 2.05) is 66.4 Å². The number of rotatable bonds is 12. The number of pyridine rings is 1. The maximum atomic E-state index is 14.0. The average Bonchev–Trinajstić information content (AvgIpc) is 3.92. The minimum atomic E-state index is -0.457. The Balaban J connectivity index is 0.685. The van der Waals surface area contributed by atoms with E-state index >= 15 is 0 Å². The van der Waals surface area contributed by atoms with Crippen molar-refractivity contribution in [1.29, 1.82) is 0 Å². The van der Waals surface area contributed by atoms with Gasteiger partial charge in [-0.1, -0.05) is 35.3 Å². The zero-order chi connectivity index (χ0) is 43.2. The lowest BCUT2D eigenvalue weighted by Crippen LogP contribution is -2.49. The molecule has 1 saturated carbocycles. The number of piperazine rings is 1. The summed E-state index contributed by atoms with van der Waals surface area (Å²) in [6.07, 6.45) is 5.81. The highest BCUT2D eigenvalue weighted by Gasteiger charge is 2.34. The normalized spacial score (nSPS) is 18.8. The molecular weight excluding hydrogens is 856 g/mol. The van der Waals surface area contributed by atoms with E-state index in [9.17, 15) is 4.79 Å². The molecule has 3 aliphatic heterocycles. The first kappa shape index (κ1) is 42.1. The third kappa shape index (κ3) is 8.85. The van der Waals surface area contributed by atoms with Gasteiger partial charge < -0.3 is 24.3 Å². The minimum absolute atomic E-state index is 0.117. The van der Waals surface area contributed by atoms with Crippen LogP contribution < -0.4 is 9.47 Å². The summed E-state index contributed by atoms with van der Waals surface area (Å²) in [5, 5.41) is 11.4. The first-order valence-electron chi connectivity index (χ1n) is 22.2. The van der Waals surface area contributed by atoms with Crippen molar-refractivity contribution in [2.24, 2.45) is 10.9 Å². The molecule has 16 heteroatoms. The first-order chi connectivity index (χ1) is 30.6. The van der Waals surface area contributed by atoms with Gasteiger partial charge in [0.05, 0.1) is 28.4 Å². The summed E-state index contributed by atoms with van der Waals surface area (Å²) in [4.78, 5) is 40.2. The van der Waals surface area contributed by atoms with Crippen LogP contribution in [0.3, 0.4) is 0 Å². The highest BCUT2D eigenvalue weighted by Crippen LogP contribution is 2.40. The van der Waals surface area contributed by atoms with Crippen LogP contribution in [0.1, 0.15) is 77.8 Å². The minimum Gasteiger partial charge on any atom is -0.492 e. The molecule has 6 aromatic rings. The van der Waals surface area contributed by atoms with Crippen molar-refractivity contribution in [2.45, 2.75) is 71.4 Å². The second-order valence-corrected chi connectivity index (χ2v) is 19.4. The highest BCUT2D eigenvalue weighted by atomic mass is 35.5. The number of thiophene rings is 1. The summed E-state index contributed by atoms with van der Waals surface area (Å²) in [5.41, 5.74) is 7.05. The van der Waals surface area contributed by atoms with Crippen molar-refractivity contribution >= 4 is 57.3 Å². The number of aryl methyl sites for hydroxylation is 2. The van der Waals surface area contributed by atoms with Gasteiger partial charge in [0.25, 0.3) is 6.01 Å². The number of aromatic nitrogens is 6. The van der Waals surface area contributed by atoms with Gasteiger partial charge in [-0.05, 0) is 107 Å². The second kappa shape index (κ2) is 18.0. The number of aromatic amines is 1. The van der Waals surface area contributed by atoms with Gasteiger partial charge in [0.1, 0.15) is 35.3 Å². The molecule has 2 aromatic carbocycles. The van der Waals surface area contributed by atoms with Crippen LogP contribution in [-0.4, -0.2) is 121 Å². The van der Waals surface area contributed by atoms with Crippen molar-refractivity contribution in [3.05, 3.63) is 97.9 Å². The maximum absolute atomic E-state index is 14.0. The first-order valence-corrected chi connectivity index (χ1v) is 23.8. The Labute approximate surface area is 381 Å². The molecule has 1 aliphatic carbocycles. The van der Waals surface area contributed by atoms with E-state index < -0.39 is 6.04 Å². The fourth-order valence-corrected chi connectivity index (χ4v) is 10.8. The van der Waals surface area contributed by atoms with Gasteiger partial charge >= 0.3 is 0 Å². The Morgan fingerprint density at radius 3 is 2.33 bits per heavy atom. The second-order valence-electron chi connectivity index (χ2n) is 17.4. The number of carbonyl (C=O) groups is 1. The van der Waals surface area contributed by atoms with Gasteiger partial charge in [-0.25, -0.2) is 4.98 Å². The van der Waals surface area contributed by atoms with Crippen LogP contribution in [0.4, 0.5) is 0 Å². The molecule has 7 heterocycles. The predicted molar refractivity (Wildman–Crippen MR) is 248 cm³/mol. The third-order valence-corrected chi connectivity index (χ3v) is 14.9. The van der Waals surface area contributed by atoms with Gasteiger partial charge in [-0.3, -0.25) is 19.3 Å². The molecule has 328 valence electrons. The van der Waals surface area contributed by atoms with Crippen LogP contribution in [0.5, 0.6) is 11.8 Å². The van der Waals surface area contributed by atoms with Crippen molar-refractivity contribution in [1.82, 2.24) is 44.4 Å². The number of hydrogen-bond donors (Lipinski definition) is 1. The smallest absolute Gasteiger partial charge is 0.296 e. The number of benzene rings is 2. The standard InChI is InChI=1S/C47H52Cl2N10O3S/c1-28-29(2)63-46-41(28)43(33-7-11-34(48)12-8-33)50-39(45-55-54-30(3)59(45)46)26-40(60)58-17-15-31(16-18-58)27-57-21-19-56(20-22-57)23-24-61-35-13-9-32(10-14-35)42-37(49)25-38-44(52-42)53-47(51-38)62-36-5-4-6-36/h7-14,25,31,36,39H,4-6,15-24,26-27H2,1-3H3,(H,51,52,53)/t39-/m0/s1. The Morgan fingerprint density at radius 2 is 1.60 bits per heavy atom. The summed E-state index contributed by atoms with van der Waals surface area (Å²) < 4.78 is 14.2. The number of likely N-dealkylation sites (tertiary alicyclic amines) is 1. The summed E-state index contributed by atoms with van der Waals surface area (Å²) in [5.74, 6) is 3.02. The lowest BCUT2D eigenvalue weighted by atomic mass is 9.95. The van der Waals surface area contributed by atoms with E-state index in [0.717, 1.165) is 128 Å². The largest absolute Gasteiger partial charge is 0.492 e. The van der Waals surface area contributed by atoms with E-state index in [0.29, 0.717) is 39.9 Å². The van der Waals surface area contributed by atoms with Crippen molar-refractivity contribution < 1.29 is 14.3 Å². The van der Waals surface area contributed by atoms with Gasteiger partial charge in [0.2, 0.25) is 5.91 Å². The number of piperidine rings is 1. The monoisotopic (exact) mass is 906 g/mol. The van der Waals surface area contributed by atoms with Crippen molar-refractivity contribution in [3.63, 3.8) is 0 Å². The number of hydrogen-bond acceptors (Lipinski definition) is 11. The summed E-state index contributed by atoms with van der Waals surface area (Å²) in [7, 11) is 0. The Bertz CT molecular complexity index is 2640. The number of carbonyl (C=O) groups excluding carboxylic acids is 1. The molecule has 4 aromatic heterocycles. The summed E-state index contributed by atoms with van der Waals surface area (Å²) >= 11 is 14.7. The average molecular weight is 908 g/mol. The summed E-state index contributed by atoms with van der Waals surface area (Å²) in [6, 6.07) is 17.7. The number of imidazole rings is 1. The Hall–Kier alpha value is -4.86. The molecular formula is C47H52Cl2N10O3S. The quantitative estimate of drug-likeness (QED) is 0.128. The van der Waals surface area contributed by atoms with Crippen LogP contribution in [0.2, 0.25) is 10.0 Å². The topological polar surface area (TPSA) is 130 Å². The molecule has 4 aliphatic rings. The molecule has 13 nitrogen and oxygen atoms in total. The molecule has 1 amide bonds. The van der Waals surface area contributed by atoms with Gasteiger partial charge in [0, 0.05) is 78.9 Å². The van der Waals surface area contributed by atoms with Crippen LogP contribution in [0.15, 0.2) is 59.6 Å². The van der Waals surface area contributed by atoms with Crippen molar-refractivity contribution in [2.75, 3.05) is 59.0 Å². The fraction of sp³-hybridized carbons (Fsp3) is 0.447. The number of fused-ring (bicyclic) bond motifs is 4. The van der Waals surface area contributed by atoms with Crippen LogP contribution in [-0.2, 0) is 4.79 Å². The predicted octanol–water partition coefficient (Wildman–Crippen LogP) is 8.65. The van der Waals surface area contributed by atoms with Gasteiger partial charge in [-0.15, -0.1) is 21.5 Å². The number of amides is 1. The molecule has 1 atom stereocenters. The molecule has 0 spiro atoms. The zero-order valence-corrected chi connectivity index (χ0v) is 38.3. The molecule has 63 heavy (non-hydrogen) atoms. The SMILES string of the molecule is Cc1sc2c(c1C)C(c1ccc(Cl)cc1)=N[C@@H](CC(=O)N1CCC(CN3CCN(CCOc4ccc(-c5nc6nc(OC7CCC7)[nH]c6cc5Cl)cc4)CC3)CC1)c1nnc(C)n1-2. The van der Waals surface area contributed by atoms with Gasteiger partial charge in [0.15, 0.2) is 11.5 Å². The third-order valence-electron chi connectivity index (χ3n) is 13.2. The molecule has 2 saturated heterocycles. The van der Waals surface area contributed by atoms with E-state index in [1.165, 1.54) is 16.9 Å². The number of halogens is 2. The van der Waals surface area contributed by atoms with Crippen LogP contribution in [0, 0.1) is 26.7 Å². The summed E-state index contributed by atoms with van der Waals surface area (Å²) in [6.45, 7) is 14.5. The lowest BCUT2D eigenvalue weighted by molar-refractivity contribution is -0.133. The number of nitrogens with one attached hydrogen (secondary N) is 1. The Kier molecular flexibility index (Phi) is 12.0. The molecule has 1 N–H and O–H groups in total. The number of ether oxygens (including phenoxy) is 2. The van der Waals surface area contributed by atoms with E-state index in [-0.39, 0.29) is 18.4 Å². The fourth-order valence-electron chi connectivity index (χ4n) is 9.15. The molecule has 0 radical (unpaired) electrons. The van der Waals surface area contributed by atoms with E-state index in [2.05, 4.69) is 48.4 Å². The molecule has 10 rings (SSSR count). The number of aliphatic imine (C=N–C) groups is 1. The molecule has 3 fully saturated rings.